The number of nitrogens with zero attached hydrogens (tertiary/aromatic N) is 2. The molecule has 4 nitrogen and oxygen atoms in total. The average Bonchev–Trinajstić information content (AvgIpc) is 2.47. The Kier molecular flexibility index (Phi) is 4.70. The molecule has 0 aliphatic heterocycles. The summed E-state index contributed by atoms with van der Waals surface area (Å²) < 4.78 is 5.74. The van der Waals surface area contributed by atoms with Crippen LogP contribution in [0.2, 0.25) is 0 Å². The Bertz CT molecular complexity index is 619. The summed E-state index contributed by atoms with van der Waals surface area (Å²) in [6.45, 7) is 4.56. The topological polar surface area (TPSA) is 57.9 Å². The molecule has 0 radical (unpaired) electrons. The number of hydrogen-bond acceptors (Lipinski definition) is 4. The van der Waals surface area contributed by atoms with Crippen LogP contribution < -0.4 is 10.1 Å². The van der Waals surface area contributed by atoms with Gasteiger partial charge in [-0.2, -0.15) is 5.26 Å². The van der Waals surface area contributed by atoms with E-state index in [0.717, 1.165) is 11.3 Å². The van der Waals surface area contributed by atoms with Crippen LogP contribution >= 0.6 is 0 Å². The second-order valence-electron chi connectivity index (χ2n) is 4.52. The molecule has 2 aromatic rings. The number of para-hydroxylation sites is 1. The minimum absolute atomic E-state index is 0.203. The molecule has 0 aliphatic rings. The van der Waals surface area contributed by atoms with Gasteiger partial charge in [-0.3, -0.25) is 10.3 Å². The third kappa shape index (κ3) is 3.56. The van der Waals surface area contributed by atoms with E-state index in [-0.39, 0.29) is 6.23 Å². The maximum Gasteiger partial charge on any atom is 0.147 e. The van der Waals surface area contributed by atoms with E-state index < -0.39 is 0 Å². The zero-order valence-corrected chi connectivity index (χ0v) is 11.6. The Morgan fingerprint density at radius 3 is 2.85 bits per heavy atom. The van der Waals surface area contributed by atoms with Gasteiger partial charge >= 0.3 is 0 Å². The van der Waals surface area contributed by atoms with E-state index in [4.69, 9.17) is 10.00 Å². The molecule has 1 aromatic heterocycles. The number of rotatable bonds is 5. The number of hydrogen-bond donors (Lipinski definition) is 1. The van der Waals surface area contributed by atoms with Gasteiger partial charge in [0.25, 0.3) is 0 Å². The van der Waals surface area contributed by atoms with Crippen LogP contribution in [-0.4, -0.2) is 11.2 Å². The molecule has 0 aliphatic carbocycles. The van der Waals surface area contributed by atoms with Crippen LogP contribution in [0, 0.1) is 18.3 Å². The molecule has 0 spiro atoms. The van der Waals surface area contributed by atoms with E-state index in [1.165, 1.54) is 0 Å². The van der Waals surface area contributed by atoms with Crippen molar-refractivity contribution in [3.63, 3.8) is 0 Å². The molecule has 1 aromatic carbocycles. The highest BCUT2D eigenvalue weighted by atomic mass is 16.5. The molecule has 0 saturated heterocycles. The standard InChI is InChI=1S/C16H17N3O/c1-12-6-5-9-18-15(12)11-19-13(2)20-16-8-4-3-7-14(16)10-17/h3-9,13,19H,11H2,1-2H3. The normalized spacial score (nSPS) is 11.7. The fourth-order valence-electron chi connectivity index (χ4n) is 1.84. The number of nitrogens with one attached hydrogen (secondary N) is 1. The summed E-state index contributed by atoms with van der Waals surface area (Å²) in [4.78, 5) is 4.32. The first-order valence-electron chi connectivity index (χ1n) is 6.50. The lowest BCUT2D eigenvalue weighted by atomic mass is 10.2. The van der Waals surface area contributed by atoms with E-state index in [9.17, 15) is 0 Å². The van der Waals surface area contributed by atoms with Crippen LogP contribution in [0.3, 0.4) is 0 Å². The van der Waals surface area contributed by atoms with Gasteiger partial charge in [0.05, 0.1) is 11.3 Å². The van der Waals surface area contributed by atoms with Crippen LogP contribution in [0.1, 0.15) is 23.7 Å². The lowest BCUT2D eigenvalue weighted by Crippen LogP contribution is -2.31. The summed E-state index contributed by atoms with van der Waals surface area (Å²) in [6, 6.07) is 13.3. The number of nitriles is 1. The maximum atomic E-state index is 9.02. The minimum atomic E-state index is -0.203. The molecule has 102 valence electrons. The molecule has 1 unspecified atom stereocenters. The fraction of sp³-hybridized carbons (Fsp3) is 0.250. The van der Waals surface area contributed by atoms with Crippen LogP contribution in [-0.2, 0) is 6.54 Å². The summed E-state index contributed by atoms with van der Waals surface area (Å²) in [5, 5.41) is 12.3. The Morgan fingerprint density at radius 2 is 2.10 bits per heavy atom. The molecular formula is C16H17N3O. The van der Waals surface area contributed by atoms with Crippen LogP contribution in [0.4, 0.5) is 0 Å². The van der Waals surface area contributed by atoms with Gasteiger partial charge in [0.15, 0.2) is 0 Å². The number of ether oxygens (including phenoxy) is 1. The van der Waals surface area contributed by atoms with Crippen LogP contribution in [0.25, 0.3) is 0 Å². The molecule has 0 fully saturated rings. The largest absolute Gasteiger partial charge is 0.474 e. The number of aryl methyl sites for hydroxylation is 1. The average molecular weight is 267 g/mol. The summed E-state index contributed by atoms with van der Waals surface area (Å²) in [6.07, 6.45) is 1.58. The van der Waals surface area contributed by atoms with Gasteiger partial charge in [0.2, 0.25) is 0 Å². The molecular weight excluding hydrogens is 250 g/mol. The predicted molar refractivity (Wildman–Crippen MR) is 77.1 cm³/mol. The van der Waals surface area contributed by atoms with Gasteiger partial charge in [-0.1, -0.05) is 18.2 Å². The van der Waals surface area contributed by atoms with Crippen molar-refractivity contribution in [3.05, 3.63) is 59.4 Å². The summed E-state index contributed by atoms with van der Waals surface area (Å²) in [5.74, 6) is 0.591. The maximum absolute atomic E-state index is 9.02. The van der Waals surface area contributed by atoms with Crippen LogP contribution in [0.15, 0.2) is 42.6 Å². The highest BCUT2D eigenvalue weighted by Crippen LogP contribution is 2.17. The Balaban J connectivity index is 1.95. The Morgan fingerprint density at radius 1 is 1.30 bits per heavy atom. The van der Waals surface area contributed by atoms with Crippen LogP contribution in [0.5, 0.6) is 5.75 Å². The predicted octanol–water partition coefficient (Wildman–Crippen LogP) is 2.78. The first-order valence-corrected chi connectivity index (χ1v) is 6.50. The van der Waals surface area contributed by atoms with Crippen molar-refractivity contribution >= 4 is 0 Å². The highest BCUT2D eigenvalue weighted by Gasteiger charge is 2.08. The van der Waals surface area contributed by atoms with Gasteiger partial charge in [0, 0.05) is 12.7 Å². The number of pyridine rings is 1. The zero-order chi connectivity index (χ0) is 14.4. The fourth-order valence-corrected chi connectivity index (χ4v) is 1.84. The monoisotopic (exact) mass is 267 g/mol. The summed E-state index contributed by atoms with van der Waals surface area (Å²) in [5.41, 5.74) is 2.68. The molecule has 4 heteroatoms. The van der Waals surface area contributed by atoms with Gasteiger partial charge in [-0.05, 0) is 37.6 Å². The third-order valence-electron chi connectivity index (χ3n) is 2.99. The molecule has 0 saturated carbocycles. The van der Waals surface area contributed by atoms with Crippen molar-refractivity contribution in [2.75, 3.05) is 0 Å². The van der Waals surface area contributed by atoms with Crippen molar-refractivity contribution in [2.45, 2.75) is 26.6 Å². The molecule has 0 amide bonds. The van der Waals surface area contributed by atoms with Gasteiger partial charge in [-0.25, -0.2) is 0 Å². The SMILES string of the molecule is Cc1cccnc1CNC(C)Oc1ccccc1C#N. The molecule has 0 bridgehead atoms. The van der Waals surface area contributed by atoms with Crippen molar-refractivity contribution in [1.29, 1.82) is 5.26 Å². The smallest absolute Gasteiger partial charge is 0.147 e. The lowest BCUT2D eigenvalue weighted by Gasteiger charge is -2.17. The van der Waals surface area contributed by atoms with E-state index in [2.05, 4.69) is 16.4 Å². The first-order chi connectivity index (χ1) is 9.70. The second-order valence-corrected chi connectivity index (χ2v) is 4.52. The van der Waals surface area contributed by atoms with Gasteiger partial charge in [-0.15, -0.1) is 0 Å². The minimum Gasteiger partial charge on any atom is -0.474 e. The molecule has 1 N–H and O–H groups in total. The number of benzene rings is 1. The molecule has 1 heterocycles. The van der Waals surface area contributed by atoms with Crippen molar-refractivity contribution < 1.29 is 4.74 Å². The highest BCUT2D eigenvalue weighted by molar-refractivity contribution is 5.42. The van der Waals surface area contributed by atoms with E-state index in [1.54, 1.807) is 18.3 Å². The second kappa shape index (κ2) is 6.69. The van der Waals surface area contributed by atoms with E-state index in [0.29, 0.717) is 17.9 Å². The van der Waals surface area contributed by atoms with E-state index >= 15 is 0 Å². The van der Waals surface area contributed by atoms with Gasteiger partial charge in [0.1, 0.15) is 18.0 Å². The molecule has 1 atom stereocenters. The zero-order valence-electron chi connectivity index (χ0n) is 11.6. The van der Waals surface area contributed by atoms with E-state index in [1.807, 2.05) is 38.1 Å². The van der Waals surface area contributed by atoms with Crippen molar-refractivity contribution in [2.24, 2.45) is 0 Å². The first kappa shape index (κ1) is 14.0. The van der Waals surface area contributed by atoms with Crippen molar-refractivity contribution in [3.8, 4) is 11.8 Å². The Labute approximate surface area is 119 Å². The quantitative estimate of drug-likeness (QED) is 0.846. The Hall–Kier alpha value is -2.38. The molecule has 2 rings (SSSR count). The molecule has 20 heavy (non-hydrogen) atoms. The number of aromatic nitrogens is 1. The van der Waals surface area contributed by atoms with Crippen molar-refractivity contribution in [1.82, 2.24) is 10.3 Å². The third-order valence-corrected chi connectivity index (χ3v) is 2.99. The lowest BCUT2D eigenvalue weighted by molar-refractivity contribution is 0.180. The van der Waals surface area contributed by atoms with Gasteiger partial charge < -0.3 is 4.74 Å². The summed E-state index contributed by atoms with van der Waals surface area (Å²) >= 11 is 0. The summed E-state index contributed by atoms with van der Waals surface area (Å²) in [7, 11) is 0.